The molecular formula is C15H13Br2ClO2. The van der Waals surface area contributed by atoms with E-state index in [-0.39, 0.29) is 16.9 Å². The molecule has 0 bridgehead atoms. The maximum atomic E-state index is 9.73. The van der Waals surface area contributed by atoms with Gasteiger partial charge in [-0.05, 0) is 67.3 Å². The van der Waals surface area contributed by atoms with Gasteiger partial charge in [0, 0.05) is 5.41 Å². The SMILES string of the molecule is CC(C)(c1ccc(O)c(Br)c1)c1cc(Cl)c(O)c(Br)c1. The second-order valence-electron chi connectivity index (χ2n) is 5.08. The van der Waals surface area contributed by atoms with Crippen molar-refractivity contribution in [1.29, 1.82) is 0 Å². The van der Waals surface area contributed by atoms with E-state index in [9.17, 15) is 10.2 Å². The topological polar surface area (TPSA) is 40.5 Å². The molecule has 0 atom stereocenters. The first-order valence-electron chi connectivity index (χ1n) is 5.91. The number of hydrogen-bond donors (Lipinski definition) is 2. The summed E-state index contributed by atoms with van der Waals surface area (Å²) in [7, 11) is 0. The van der Waals surface area contributed by atoms with E-state index >= 15 is 0 Å². The van der Waals surface area contributed by atoms with E-state index in [4.69, 9.17) is 11.6 Å². The zero-order valence-corrected chi connectivity index (χ0v) is 14.8. The Morgan fingerprint density at radius 1 is 0.950 bits per heavy atom. The van der Waals surface area contributed by atoms with Gasteiger partial charge in [-0.1, -0.05) is 31.5 Å². The lowest BCUT2D eigenvalue weighted by Gasteiger charge is -2.27. The highest BCUT2D eigenvalue weighted by atomic mass is 79.9. The van der Waals surface area contributed by atoms with Gasteiger partial charge < -0.3 is 10.2 Å². The van der Waals surface area contributed by atoms with Crippen LogP contribution in [0.5, 0.6) is 11.5 Å². The van der Waals surface area contributed by atoms with Crippen LogP contribution in [-0.4, -0.2) is 10.2 Å². The van der Waals surface area contributed by atoms with Crippen LogP contribution >= 0.6 is 43.5 Å². The minimum absolute atomic E-state index is 0.0399. The second kappa shape index (κ2) is 5.58. The van der Waals surface area contributed by atoms with Crippen LogP contribution in [0.4, 0.5) is 0 Å². The molecule has 0 saturated carbocycles. The number of benzene rings is 2. The zero-order chi connectivity index (χ0) is 15.1. The van der Waals surface area contributed by atoms with Crippen LogP contribution in [0.25, 0.3) is 0 Å². The van der Waals surface area contributed by atoms with Gasteiger partial charge in [-0.3, -0.25) is 0 Å². The lowest BCUT2D eigenvalue weighted by molar-refractivity contribution is 0.470. The summed E-state index contributed by atoms with van der Waals surface area (Å²) in [6.07, 6.45) is 0. The average Bonchev–Trinajstić information content (AvgIpc) is 2.38. The molecule has 5 heteroatoms. The van der Waals surface area contributed by atoms with E-state index < -0.39 is 0 Å². The minimum Gasteiger partial charge on any atom is -0.507 e. The summed E-state index contributed by atoms with van der Waals surface area (Å²) in [5, 5.41) is 19.6. The first-order chi connectivity index (χ1) is 9.23. The van der Waals surface area contributed by atoms with E-state index in [1.54, 1.807) is 12.1 Å². The maximum Gasteiger partial charge on any atom is 0.148 e. The van der Waals surface area contributed by atoms with Crippen molar-refractivity contribution >= 4 is 43.5 Å². The molecule has 0 saturated heterocycles. The molecule has 0 amide bonds. The van der Waals surface area contributed by atoms with Gasteiger partial charge in [-0.15, -0.1) is 0 Å². The Balaban J connectivity index is 2.56. The van der Waals surface area contributed by atoms with Crippen LogP contribution in [0.2, 0.25) is 5.02 Å². The summed E-state index contributed by atoms with van der Waals surface area (Å²) in [5.41, 5.74) is 1.66. The first-order valence-corrected chi connectivity index (χ1v) is 7.87. The van der Waals surface area contributed by atoms with E-state index in [0.717, 1.165) is 11.1 Å². The molecule has 20 heavy (non-hydrogen) atoms. The second-order valence-corrected chi connectivity index (χ2v) is 7.20. The fourth-order valence-electron chi connectivity index (χ4n) is 1.99. The Kier molecular flexibility index (Phi) is 4.38. The van der Waals surface area contributed by atoms with Crippen molar-refractivity contribution in [2.75, 3.05) is 0 Å². The van der Waals surface area contributed by atoms with E-state index in [1.807, 2.05) is 18.2 Å². The predicted molar refractivity (Wildman–Crippen MR) is 88.8 cm³/mol. The number of halogens is 3. The lowest BCUT2D eigenvalue weighted by Crippen LogP contribution is -2.19. The molecule has 106 valence electrons. The third kappa shape index (κ3) is 2.83. The zero-order valence-electron chi connectivity index (χ0n) is 10.9. The number of aromatic hydroxyl groups is 2. The summed E-state index contributed by atoms with van der Waals surface area (Å²) < 4.78 is 1.21. The van der Waals surface area contributed by atoms with Gasteiger partial charge in [0.15, 0.2) is 0 Å². The van der Waals surface area contributed by atoms with Gasteiger partial charge in [0.2, 0.25) is 0 Å². The van der Waals surface area contributed by atoms with Crippen LogP contribution in [-0.2, 0) is 5.41 Å². The molecule has 2 aromatic carbocycles. The van der Waals surface area contributed by atoms with E-state index in [2.05, 4.69) is 45.7 Å². The molecule has 0 heterocycles. The van der Waals surface area contributed by atoms with E-state index in [0.29, 0.717) is 14.0 Å². The highest BCUT2D eigenvalue weighted by molar-refractivity contribution is 9.10. The van der Waals surface area contributed by atoms with Crippen molar-refractivity contribution in [3.63, 3.8) is 0 Å². The molecular weight excluding hydrogens is 407 g/mol. The van der Waals surface area contributed by atoms with E-state index in [1.165, 1.54) is 0 Å². The molecule has 0 unspecified atom stereocenters. The third-order valence-corrected chi connectivity index (χ3v) is 4.94. The molecule has 2 N–H and O–H groups in total. The number of hydrogen-bond acceptors (Lipinski definition) is 2. The minimum atomic E-state index is -0.323. The Bertz CT molecular complexity index is 646. The molecule has 2 rings (SSSR count). The van der Waals surface area contributed by atoms with Gasteiger partial charge >= 0.3 is 0 Å². The van der Waals surface area contributed by atoms with Crippen molar-refractivity contribution in [3.8, 4) is 11.5 Å². The Hall–Kier alpha value is -0.710. The third-order valence-electron chi connectivity index (χ3n) is 3.41. The van der Waals surface area contributed by atoms with Crippen LogP contribution in [0.1, 0.15) is 25.0 Å². The average molecular weight is 421 g/mol. The molecule has 0 spiro atoms. The summed E-state index contributed by atoms with van der Waals surface area (Å²) in [6.45, 7) is 4.11. The molecule has 0 aliphatic carbocycles. The molecule has 0 fully saturated rings. The highest BCUT2D eigenvalue weighted by Gasteiger charge is 2.25. The summed E-state index contributed by atoms with van der Waals surface area (Å²) in [6, 6.07) is 9.00. The number of phenols is 2. The largest absolute Gasteiger partial charge is 0.507 e. The lowest BCUT2D eigenvalue weighted by atomic mass is 9.78. The van der Waals surface area contributed by atoms with Crippen molar-refractivity contribution in [2.24, 2.45) is 0 Å². The highest BCUT2D eigenvalue weighted by Crippen LogP contribution is 2.41. The molecule has 2 aromatic rings. The van der Waals surface area contributed by atoms with Crippen LogP contribution in [0.15, 0.2) is 39.3 Å². The van der Waals surface area contributed by atoms with Crippen molar-refractivity contribution in [3.05, 3.63) is 55.4 Å². The van der Waals surface area contributed by atoms with Crippen LogP contribution in [0.3, 0.4) is 0 Å². The molecule has 0 radical (unpaired) electrons. The number of rotatable bonds is 2. The smallest absolute Gasteiger partial charge is 0.148 e. The van der Waals surface area contributed by atoms with Crippen molar-refractivity contribution in [2.45, 2.75) is 19.3 Å². The molecule has 0 aliphatic heterocycles. The monoisotopic (exact) mass is 418 g/mol. The Morgan fingerprint density at radius 2 is 1.55 bits per heavy atom. The Morgan fingerprint density at radius 3 is 2.10 bits per heavy atom. The van der Waals surface area contributed by atoms with Gasteiger partial charge in [0.05, 0.1) is 14.0 Å². The van der Waals surface area contributed by atoms with Gasteiger partial charge in [-0.2, -0.15) is 0 Å². The summed E-state index contributed by atoms with van der Waals surface area (Å²) in [4.78, 5) is 0. The fourth-order valence-corrected chi connectivity index (χ4v) is 3.16. The van der Waals surface area contributed by atoms with Crippen LogP contribution in [0, 0.1) is 0 Å². The maximum absolute atomic E-state index is 9.73. The normalized spacial score (nSPS) is 11.7. The quantitative estimate of drug-likeness (QED) is 0.664. The van der Waals surface area contributed by atoms with Crippen LogP contribution < -0.4 is 0 Å². The van der Waals surface area contributed by atoms with Gasteiger partial charge in [0.25, 0.3) is 0 Å². The predicted octanol–water partition coefficient (Wildman–Crippen LogP) is 5.60. The standard InChI is InChI=1S/C15H13Br2ClO2/c1-15(2,8-3-4-13(19)10(16)5-8)9-6-11(17)14(20)12(18)7-9/h3-7,19-20H,1-2H3. The molecule has 0 aromatic heterocycles. The van der Waals surface area contributed by atoms with Crippen molar-refractivity contribution in [1.82, 2.24) is 0 Å². The first kappa shape index (κ1) is 15.7. The fraction of sp³-hybridized carbons (Fsp3) is 0.200. The summed E-state index contributed by atoms with van der Waals surface area (Å²) >= 11 is 12.7. The van der Waals surface area contributed by atoms with Crippen molar-refractivity contribution < 1.29 is 10.2 Å². The Labute approximate surface area is 139 Å². The molecule has 0 aliphatic rings. The number of phenolic OH excluding ortho intramolecular Hbond substituents is 2. The summed E-state index contributed by atoms with van der Waals surface area (Å²) in [5.74, 6) is 0.243. The van der Waals surface area contributed by atoms with Gasteiger partial charge in [0.1, 0.15) is 11.5 Å². The van der Waals surface area contributed by atoms with Gasteiger partial charge in [-0.25, -0.2) is 0 Å². The molecule has 2 nitrogen and oxygen atoms in total.